The second kappa shape index (κ2) is 8.12. The highest BCUT2D eigenvalue weighted by Crippen LogP contribution is 2.26. The highest BCUT2D eigenvalue weighted by Gasteiger charge is 2.23. The van der Waals surface area contributed by atoms with Gasteiger partial charge in [-0.3, -0.25) is 4.79 Å². The second-order valence-corrected chi connectivity index (χ2v) is 7.30. The number of piperidine rings is 1. The Labute approximate surface area is 168 Å². The van der Waals surface area contributed by atoms with Crippen molar-refractivity contribution in [3.63, 3.8) is 0 Å². The molecule has 29 heavy (non-hydrogen) atoms. The van der Waals surface area contributed by atoms with Gasteiger partial charge in [0, 0.05) is 17.7 Å². The van der Waals surface area contributed by atoms with Gasteiger partial charge in [-0.1, -0.05) is 23.4 Å². The van der Waals surface area contributed by atoms with Crippen molar-refractivity contribution in [2.45, 2.75) is 46.1 Å². The molecule has 0 radical (unpaired) electrons. The molecule has 1 saturated heterocycles. The summed E-state index contributed by atoms with van der Waals surface area (Å²) >= 11 is 0. The van der Waals surface area contributed by atoms with Gasteiger partial charge in [0.15, 0.2) is 11.5 Å². The normalized spacial score (nSPS) is 14.9. The van der Waals surface area contributed by atoms with E-state index in [0.717, 1.165) is 42.8 Å². The highest BCUT2D eigenvalue weighted by atomic mass is 16.5. The Morgan fingerprint density at radius 3 is 2.83 bits per heavy atom. The van der Waals surface area contributed by atoms with Crippen LogP contribution in [0.1, 0.15) is 53.4 Å². The molecule has 1 aliphatic heterocycles. The summed E-state index contributed by atoms with van der Waals surface area (Å²) in [6.07, 6.45) is 2.66. The number of aromatic nitrogens is 5. The molecular weight excluding hydrogens is 370 g/mol. The Kier molecular flexibility index (Phi) is 5.39. The van der Waals surface area contributed by atoms with Gasteiger partial charge in [-0.15, -0.1) is 5.10 Å². The van der Waals surface area contributed by atoms with E-state index in [1.54, 1.807) is 0 Å². The summed E-state index contributed by atoms with van der Waals surface area (Å²) < 4.78 is 7.19. The Balaban J connectivity index is 1.55. The first-order valence-electron chi connectivity index (χ1n) is 9.94. The molecule has 9 nitrogen and oxygen atoms in total. The molecule has 0 saturated carbocycles. The molecule has 0 aliphatic carbocycles. The average molecular weight is 395 g/mol. The lowest BCUT2D eigenvalue weighted by Crippen LogP contribution is -2.30. The number of carbonyl (C=O) groups excluding carboxylic acids is 1. The predicted octanol–water partition coefficient (Wildman–Crippen LogP) is 2.68. The summed E-state index contributed by atoms with van der Waals surface area (Å²) in [4.78, 5) is 17.2. The fourth-order valence-electron chi connectivity index (χ4n) is 3.53. The fraction of sp³-hybridized carbons (Fsp3) is 0.450. The van der Waals surface area contributed by atoms with E-state index in [1.165, 1.54) is 0 Å². The maximum atomic E-state index is 12.9. The minimum atomic E-state index is -0.275. The summed E-state index contributed by atoms with van der Waals surface area (Å²) in [6.45, 7) is 7.70. The Hall–Kier alpha value is -3.07. The molecule has 3 aromatic rings. The van der Waals surface area contributed by atoms with E-state index < -0.39 is 0 Å². The number of amides is 1. The van der Waals surface area contributed by atoms with E-state index >= 15 is 0 Å². The number of carbonyl (C=O) groups is 1. The zero-order valence-corrected chi connectivity index (χ0v) is 16.9. The zero-order chi connectivity index (χ0) is 20.4. The number of rotatable bonds is 5. The maximum Gasteiger partial charge on any atom is 0.278 e. The van der Waals surface area contributed by atoms with E-state index in [0.29, 0.717) is 29.5 Å². The summed E-state index contributed by atoms with van der Waals surface area (Å²) in [5.41, 5.74) is 3.50. The van der Waals surface area contributed by atoms with Crippen molar-refractivity contribution >= 4 is 11.6 Å². The molecule has 3 heterocycles. The molecule has 2 aromatic heterocycles. The average Bonchev–Trinajstić information content (AvgIpc) is 3.37. The lowest BCUT2D eigenvalue weighted by molar-refractivity contribution is 0.102. The van der Waals surface area contributed by atoms with Gasteiger partial charge in [0.05, 0.1) is 11.7 Å². The van der Waals surface area contributed by atoms with Crippen LogP contribution < -0.4 is 10.6 Å². The van der Waals surface area contributed by atoms with Crippen LogP contribution in [0.5, 0.6) is 0 Å². The van der Waals surface area contributed by atoms with Crippen molar-refractivity contribution in [2.24, 2.45) is 0 Å². The number of hydrogen-bond acceptors (Lipinski definition) is 7. The highest BCUT2D eigenvalue weighted by molar-refractivity contribution is 6.04. The Morgan fingerprint density at radius 1 is 1.31 bits per heavy atom. The van der Waals surface area contributed by atoms with Crippen molar-refractivity contribution in [3.05, 3.63) is 41.0 Å². The van der Waals surface area contributed by atoms with Gasteiger partial charge in [-0.2, -0.15) is 4.98 Å². The molecule has 2 N–H and O–H groups in total. The SMILES string of the molecule is CCc1noc(-c2ccc(C)c(NC(=O)c3nnn(C4CCNCC4)c3C)c2)n1. The second-order valence-electron chi connectivity index (χ2n) is 7.30. The van der Waals surface area contributed by atoms with Crippen molar-refractivity contribution in [2.75, 3.05) is 18.4 Å². The van der Waals surface area contributed by atoms with E-state index in [-0.39, 0.29) is 11.9 Å². The first-order chi connectivity index (χ1) is 14.1. The topological polar surface area (TPSA) is 111 Å². The zero-order valence-electron chi connectivity index (χ0n) is 16.9. The van der Waals surface area contributed by atoms with Crippen molar-refractivity contribution in [1.82, 2.24) is 30.5 Å². The van der Waals surface area contributed by atoms with Gasteiger partial charge >= 0.3 is 0 Å². The number of aryl methyl sites for hydroxylation is 2. The van der Waals surface area contributed by atoms with Crippen LogP contribution >= 0.6 is 0 Å². The molecule has 152 valence electrons. The third-order valence-corrected chi connectivity index (χ3v) is 5.31. The van der Waals surface area contributed by atoms with Crippen LogP contribution in [-0.4, -0.2) is 44.1 Å². The first-order valence-corrected chi connectivity index (χ1v) is 9.94. The number of anilines is 1. The van der Waals surface area contributed by atoms with Gasteiger partial charge in [0.25, 0.3) is 11.8 Å². The van der Waals surface area contributed by atoms with Crippen LogP contribution in [0.2, 0.25) is 0 Å². The van der Waals surface area contributed by atoms with Gasteiger partial charge in [-0.25, -0.2) is 4.68 Å². The molecule has 0 unspecified atom stereocenters. The lowest BCUT2D eigenvalue weighted by Gasteiger charge is -2.23. The summed E-state index contributed by atoms with van der Waals surface area (Å²) in [5, 5.41) is 18.6. The molecule has 1 aromatic carbocycles. The number of nitrogens with one attached hydrogen (secondary N) is 2. The molecule has 1 amide bonds. The standard InChI is InChI=1S/C20H25N7O2/c1-4-17-23-20(29-25-17)14-6-5-12(2)16(11-14)22-19(28)18-13(3)27(26-24-18)15-7-9-21-10-8-15/h5-6,11,15,21H,4,7-10H2,1-3H3,(H,22,28). The van der Waals surface area contributed by atoms with Crippen LogP contribution in [0.4, 0.5) is 5.69 Å². The number of hydrogen-bond donors (Lipinski definition) is 2. The molecule has 9 heteroatoms. The maximum absolute atomic E-state index is 12.9. The van der Waals surface area contributed by atoms with E-state index in [4.69, 9.17) is 4.52 Å². The van der Waals surface area contributed by atoms with E-state index in [2.05, 4.69) is 31.1 Å². The summed E-state index contributed by atoms with van der Waals surface area (Å²) in [7, 11) is 0. The minimum absolute atomic E-state index is 0.275. The van der Waals surface area contributed by atoms with Gasteiger partial charge in [-0.05, 0) is 57.5 Å². The van der Waals surface area contributed by atoms with Crippen LogP contribution in [0, 0.1) is 13.8 Å². The van der Waals surface area contributed by atoms with Crippen molar-refractivity contribution in [3.8, 4) is 11.5 Å². The Bertz CT molecular complexity index is 1020. The third kappa shape index (κ3) is 3.91. The lowest BCUT2D eigenvalue weighted by atomic mass is 10.1. The predicted molar refractivity (Wildman–Crippen MR) is 108 cm³/mol. The first kappa shape index (κ1) is 19.3. The summed E-state index contributed by atoms with van der Waals surface area (Å²) in [5.74, 6) is 0.810. The largest absolute Gasteiger partial charge is 0.334 e. The van der Waals surface area contributed by atoms with Crippen LogP contribution in [0.25, 0.3) is 11.5 Å². The smallest absolute Gasteiger partial charge is 0.278 e. The van der Waals surface area contributed by atoms with Crippen LogP contribution in [0.3, 0.4) is 0 Å². The molecule has 0 spiro atoms. The summed E-state index contributed by atoms with van der Waals surface area (Å²) in [6, 6.07) is 5.93. The molecule has 0 bridgehead atoms. The Morgan fingerprint density at radius 2 is 2.10 bits per heavy atom. The number of benzene rings is 1. The number of nitrogens with zero attached hydrogens (tertiary/aromatic N) is 5. The molecule has 0 atom stereocenters. The van der Waals surface area contributed by atoms with Crippen LogP contribution in [0.15, 0.2) is 22.7 Å². The fourth-order valence-corrected chi connectivity index (χ4v) is 3.53. The van der Waals surface area contributed by atoms with Crippen molar-refractivity contribution < 1.29 is 9.32 Å². The third-order valence-electron chi connectivity index (χ3n) is 5.31. The quantitative estimate of drug-likeness (QED) is 0.683. The molecule has 1 aliphatic rings. The molecular formula is C20H25N7O2. The van der Waals surface area contributed by atoms with Gasteiger partial charge in [0.2, 0.25) is 0 Å². The monoisotopic (exact) mass is 395 g/mol. The van der Waals surface area contributed by atoms with E-state index in [9.17, 15) is 4.79 Å². The van der Waals surface area contributed by atoms with Gasteiger partial charge in [0.1, 0.15) is 0 Å². The minimum Gasteiger partial charge on any atom is -0.334 e. The molecule has 1 fully saturated rings. The van der Waals surface area contributed by atoms with Crippen LogP contribution in [-0.2, 0) is 6.42 Å². The van der Waals surface area contributed by atoms with Gasteiger partial charge < -0.3 is 15.2 Å². The van der Waals surface area contributed by atoms with Crippen molar-refractivity contribution in [1.29, 1.82) is 0 Å². The van der Waals surface area contributed by atoms with E-state index in [1.807, 2.05) is 43.7 Å². The molecule has 4 rings (SSSR count).